The van der Waals surface area contributed by atoms with E-state index in [-0.39, 0.29) is 65.4 Å². The molecule has 0 amide bonds. The maximum atomic E-state index is 12.0. The third kappa shape index (κ3) is 36.6. The van der Waals surface area contributed by atoms with E-state index < -0.39 is 28.7 Å². The molecule has 9 rings (SSSR count). The Morgan fingerprint density at radius 3 is 0.856 bits per heavy atom. The van der Waals surface area contributed by atoms with Gasteiger partial charge in [0.05, 0.1) is 66.1 Å². The average Bonchev–Trinajstić information content (AvgIpc) is 0.815. The van der Waals surface area contributed by atoms with Gasteiger partial charge in [-0.2, -0.15) is 0 Å². The van der Waals surface area contributed by atoms with Crippen LogP contribution in [0.1, 0.15) is 243 Å². The molecule has 0 radical (unpaired) electrons. The molecule has 0 fully saturated rings. The molecule has 0 atom stereocenters. The molecular weight excluding hydrogens is 1650 g/mol. The molecule has 9 aromatic carbocycles. The summed E-state index contributed by atoms with van der Waals surface area (Å²) >= 11 is 0. The summed E-state index contributed by atoms with van der Waals surface area (Å²) < 4.78 is 34.6. The Morgan fingerprint density at radius 2 is 0.591 bits per heavy atom. The second-order valence-corrected chi connectivity index (χ2v) is 36.2. The fraction of sp³-hybridized carbons (Fsp3) is 0.462. The van der Waals surface area contributed by atoms with Crippen molar-refractivity contribution < 1.29 is 73.4 Å². The quantitative estimate of drug-likeness (QED) is 0.00902. The SMILES string of the molecule is C=C(C)C(=O)OCCc1cc(-c2ccc(CCc3ccc(CCCCC)cc3)cc2CC)ccc1OCCC(C)(CO)CO.C=C(C)C(=O)OCCc1cc(-c2ccc(CCc3ccc(CCCCC)cc3)cc2CC)ccc1OCCC(CC)(CO)CO.C=C(C)C(=O)OCCc1cc(-c2ccc(CCc3ccc(CCCCC)cc3)cc2CC)ccc1OCCC(CO)CO. The number of aliphatic hydroxyl groups is 6. The van der Waals surface area contributed by atoms with Crippen molar-refractivity contribution in [3.8, 4) is 50.6 Å². The van der Waals surface area contributed by atoms with Gasteiger partial charge in [-0.3, -0.25) is 0 Å². The molecule has 0 aromatic heterocycles. The molecule has 15 nitrogen and oxygen atoms in total. The molecule has 132 heavy (non-hydrogen) atoms. The normalized spacial score (nSPS) is 11.3. The highest BCUT2D eigenvalue weighted by molar-refractivity contribution is 5.88. The Kier molecular flexibility index (Phi) is 49.0. The van der Waals surface area contributed by atoms with E-state index in [0.717, 1.165) is 122 Å². The summed E-state index contributed by atoms with van der Waals surface area (Å²) in [5.41, 5.74) is 25.9. The molecule has 0 aliphatic carbocycles. The van der Waals surface area contributed by atoms with E-state index in [4.69, 9.17) is 28.4 Å². The van der Waals surface area contributed by atoms with Gasteiger partial charge in [-0.05, 0) is 296 Å². The largest absolute Gasteiger partial charge is 0.493 e. The lowest BCUT2D eigenvalue weighted by Gasteiger charge is -2.28. The van der Waals surface area contributed by atoms with Gasteiger partial charge in [-0.1, -0.05) is 259 Å². The van der Waals surface area contributed by atoms with Gasteiger partial charge in [-0.25, -0.2) is 14.4 Å². The first-order valence-electron chi connectivity index (χ1n) is 48.9. The van der Waals surface area contributed by atoms with Crippen molar-refractivity contribution in [3.63, 3.8) is 0 Å². The fourth-order valence-corrected chi connectivity index (χ4v) is 15.9. The number of rotatable bonds is 58. The van der Waals surface area contributed by atoms with E-state index in [1.165, 1.54) is 141 Å². The molecule has 0 aliphatic heterocycles. The van der Waals surface area contributed by atoms with Crippen LogP contribution in [0, 0.1) is 16.7 Å². The molecular formula is C117H156O15. The molecule has 0 heterocycles. The summed E-state index contributed by atoms with van der Waals surface area (Å²) in [6.07, 6.45) is 27.4. The maximum absolute atomic E-state index is 12.0. The summed E-state index contributed by atoms with van der Waals surface area (Å²) in [6, 6.07) is 66.3. The van der Waals surface area contributed by atoms with Crippen LogP contribution in [0.25, 0.3) is 33.4 Å². The van der Waals surface area contributed by atoms with Gasteiger partial charge in [0.2, 0.25) is 0 Å². The van der Waals surface area contributed by atoms with Crippen LogP contribution in [0.15, 0.2) is 218 Å². The summed E-state index contributed by atoms with van der Waals surface area (Å²) in [7, 11) is 0. The maximum Gasteiger partial charge on any atom is 0.333 e. The average molecular weight is 1800 g/mol. The number of unbranched alkanes of at least 4 members (excludes halogenated alkanes) is 6. The topological polar surface area (TPSA) is 228 Å². The molecule has 9 aromatic rings. The van der Waals surface area contributed by atoms with Crippen molar-refractivity contribution in [1.82, 2.24) is 0 Å². The number of aryl methyl sites for hydroxylation is 12. The summed E-state index contributed by atoms with van der Waals surface area (Å²) in [5, 5.41) is 57.7. The van der Waals surface area contributed by atoms with Crippen LogP contribution < -0.4 is 14.2 Å². The lowest BCUT2D eigenvalue weighted by molar-refractivity contribution is -0.139. The molecule has 15 heteroatoms. The van der Waals surface area contributed by atoms with Crippen LogP contribution in [0.5, 0.6) is 17.2 Å². The zero-order chi connectivity index (χ0) is 95.6. The van der Waals surface area contributed by atoms with Gasteiger partial charge in [0.1, 0.15) is 17.2 Å². The van der Waals surface area contributed by atoms with Crippen molar-refractivity contribution in [2.24, 2.45) is 16.7 Å². The van der Waals surface area contributed by atoms with Crippen molar-refractivity contribution in [3.05, 3.63) is 302 Å². The van der Waals surface area contributed by atoms with E-state index in [1.54, 1.807) is 20.8 Å². The van der Waals surface area contributed by atoms with Gasteiger partial charge in [0, 0.05) is 65.9 Å². The predicted octanol–water partition coefficient (Wildman–Crippen LogP) is 23.6. The first-order chi connectivity index (χ1) is 63.9. The summed E-state index contributed by atoms with van der Waals surface area (Å²) in [6.45, 7) is 34.2. The second-order valence-electron chi connectivity index (χ2n) is 36.2. The van der Waals surface area contributed by atoms with Crippen molar-refractivity contribution >= 4 is 17.9 Å². The smallest absolute Gasteiger partial charge is 0.333 e. The zero-order valence-corrected chi connectivity index (χ0v) is 81.7. The molecule has 714 valence electrons. The Labute approximate surface area is 791 Å². The molecule has 0 unspecified atom stereocenters. The van der Waals surface area contributed by atoms with Crippen molar-refractivity contribution in [2.45, 2.75) is 256 Å². The Morgan fingerprint density at radius 1 is 0.311 bits per heavy atom. The van der Waals surface area contributed by atoms with Crippen LogP contribution in [-0.2, 0) is 125 Å². The molecule has 6 N–H and O–H groups in total. The van der Waals surface area contributed by atoms with Gasteiger partial charge in [0.15, 0.2) is 0 Å². The van der Waals surface area contributed by atoms with Crippen LogP contribution >= 0.6 is 0 Å². The number of aliphatic hydroxyl groups excluding tert-OH is 6. The number of hydrogen-bond donors (Lipinski definition) is 6. The van der Waals surface area contributed by atoms with E-state index >= 15 is 0 Å². The lowest BCUT2D eigenvalue weighted by atomic mass is 9.84. The number of benzene rings is 9. The van der Waals surface area contributed by atoms with Crippen molar-refractivity contribution in [2.75, 3.05) is 79.3 Å². The summed E-state index contributed by atoms with van der Waals surface area (Å²) in [5.74, 6) is 0.729. The predicted molar refractivity (Wildman–Crippen MR) is 541 cm³/mol. The van der Waals surface area contributed by atoms with Gasteiger partial charge in [-0.15, -0.1) is 0 Å². The van der Waals surface area contributed by atoms with Gasteiger partial charge < -0.3 is 59.1 Å². The first kappa shape index (κ1) is 109. The monoisotopic (exact) mass is 1800 g/mol. The zero-order valence-electron chi connectivity index (χ0n) is 81.7. The second kappa shape index (κ2) is 59.4. The van der Waals surface area contributed by atoms with Crippen LogP contribution in [0.2, 0.25) is 0 Å². The summed E-state index contributed by atoms with van der Waals surface area (Å²) in [4.78, 5) is 35.9. The number of esters is 3. The highest BCUT2D eigenvalue weighted by Gasteiger charge is 2.28. The van der Waals surface area contributed by atoms with E-state index in [9.17, 15) is 45.0 Å². The first-order valence-corrected chi connectivity index (χ1v) is 48.9. The van der Waals surface area contributed by atoms with Crippen molar-refractivity contribution in [1.29, 1.82) is 0 Å². The minimum Gasteiger partial charge on any atom is -0.493 e. The Balaban J connectivity index is 0.000000271. The number of hydrogen-bond acceptors (Lipinski definition) is 15. The van der Waals surface area contributed by atoms with E-state index in [1.807, 2.05) is 32.0 Å². The standard InChI is InChI=1S/C40H54O5.C39H52O5.C38H50O5/c1-6-9-10-11-31-12-14-32(15-13-31)16-17-33-18-20-37(34(7-2)26-33)35-19-21-38(44-25-23-40(8-3,28-41)29-42)36(27-35)22-24-45-39(43)30(4)5;1-6-8-9-10-30-11-13-31(14-12-30)15-16-32-17-19-36(33(7-2)25-32)34-18-20-37(43-24-22-39(5,27-40)28-41)35(26-34)21-23-44-38(42)29(3)4;1-5-7-8-9-29-10-12-30(13-11-29)14-15-31-16-18-36(33(6-2)24-31)34-17-19-37(42-22-20-32(26-39)27-40)35(25-34)21-23-43-38(41)28(3)4/h12-15,18-21,26-27,41-42H,4,6-11,16-17,22-25,28-29H2,1-3,5H3;11-14,17-20,25-26,40-41H,3,6-10,15-16,21-24,27-28H2,1-2,4-5H3;10-13,16-19,24-25,32,39-40H,3,5-9,14-15,20-23,26-27H2,1-2,4H3. The van der Waals surface area contributed by atoms with Gasteiger partial charge >= 0.3 is 17.9 Å². The Bertz CT molecular complexity index is 4960. The third-order valence-corrected chi connectivity index (χ3v) is 25.3. The molecule has 0 spiro atoms. The van der Waals surface area contributed by atoms with Crippen LogP contribution in [-0.4, -0.2) is 128 Å². The molecule has 0 aliphatic rings. The highest BCUT2D eigenvalue weighted by Crippen LogP contribution is 2.37. The number of ether oxygens (including phenoxy) is 6. The minimum absolute atomic E-state index is 0.0797. The van der Waals surface area contributed by atoms with E-state index in [2.05, 4.69) is 225 Å². The lowest BCUT2D eigenvalue weighted by Crippen LogP contribution is -2.31. The number of carbonyl (C=O) groups is 3. The third-order valence-electron chi connectivity index (χ3n) is 25.3. The van der Waals surface area contributed by atoms with Crippen LogP contribution in [0.4, 0.5) is 0 Å². The molecule has 0 bridgehead atoms. The molecule has 0 saturated heterocycles. The van der Waals surface area contributed by atoms with Gasteiger partial charge in [0.25, 0.3) is 0 Å². The Hall–Kier alpha value is -10.2. The number of carbonyl (C=O) groups excluding carboxylic acids is 3. The van der Waals surface area contributed by atoms with E-state index in [0.29, 0.717) is 87.2 Å². The van der Waals surface area contributed by atoms with Crippen LogP contribution in [0.3, 0.4) is 0 Å². The minimum atomic E-state index is -0.605. The highest BCUT2D eigenvalue weighted by atomic mass is 16.5. The fourth-order valence-electron chi connectivity index (χ4n) is 15.9. The molecule has 0 saturated carbocycles.